The van der Waals surface area contributed by atoms with Gasteiger partial charge in [-0.3, -0.25) is 9.10 Å². The summed E-state index contributed by atoms with van der Waals surface area (Å²) in [4.78, 5) is 12.3. The number of sulfonamides is 1. The van der Waals surface area contributed by atoms with Crippen LogP contribution in [0.15, 0.2) is 48.5 Å². The van der Waals surface area contributed by atoms with Crippen molar-refractivity contribution < 1.29 is 13.2 Å². The Hall–Kier alpha value is -3.36. The minimum absolute atomic E-state index is 0.121. The van der Waals surface area contributed by atoms with Crippen LogP contribution in [-0.2, 0) is 14.8 Å². The number of carbonyl (C=O) groups excluding carboxylic acids is 1. The lowest BCUT2D eigenvalue weighted by Gasteiger charge is -2.22. The first kappa shape index (κ1) is 18.0. The van der Waals surface area contributed by atoms with Gasteiger partial charge in [0.15, 0.2) is 0 Å². The van der Waals surface area contributed by atoms with E-state index in [0.29, 0.717) is 0 Å². The third kappa shape index (κ3) is 4.34. The number of para-hydroxylation sites is 2. The number of nitrogens with one attached hydrogen (secondary N) is 1. The number of amides is 1. The second-order valence-corrected chi connectivity index (χ2v) is 7.01. The fourth-order valence-corrected chi connectivity index (χ4v) is 3.04. The second kappa shape index (κ2) is 7.47. The summed E-state index contributed by atoms with van der Waals surface area (Å²) in [6.07, 6.45) is 0.956. The standard InChI is InChI=1S/C17H14N4O3S/c1-25(23,24)21(16-9-5-3-7-14(16)11-19)12-17(22)20-15-8-4-2-6-13(15)10-18/h2-9H,12H2,1H3,(H,20,22). The summed E-state index contributed by atoms with van der Waals surface area (Å²) in [5, 5.41) is 20.7. The molecule has 0 aromatic heterocycles. The van der Waals surface area contributed by atoms with Gasteiger partial charge in [0.1, 0.15) is 18.7 Å². The van der Waals surface area contributed by atoms with Crippen LogP contribution < -0.4 is 9.62 Å². The van der Waals surface area contributed by atoms with E-state index < -0.39 is 22.5 Å². The molecule has 0 heterocycles. The average Bonchev–Trinajstić information content (AvgIpc) is 2.59. The number of carbonyl (C=O) groups is 1. The fourth-order valence-electron chi connectivity index (χ4n) is 2.18. The van der Waals surface area contributed by atoms with E-state index in [-0.39, 0.29) is 22.5 Å². The van der Waals surface area contributed by atoms with E-state index in [1.165, 1.54) is 18.2 Å². The van der Waals surface area contributed by atoms with E-state index in [1.54, 1.807) is 30.3 Å². The van der Waals surface area contributed by atoms with Crippen LogP contribution in [0.1, 0.15) is 11.1 Å². The normalized spacial score (nSPS) is 10.4. The highest BCUT2D eigenvalue weighted by Gasteiger charge is 2.23. The molecule has 8 heteroatoms. The quantitative estimate of drug-likeness (QED) is 0.880. The highest BCUT2D eigenvalue weighted by molar-refractivity contribution is 7.92. The number of hydrogen-bond donors (Lipinski definition) is 1. The van der Waals surface area contributed by atoms with Crippen molar-refractivity contribution in [1.29, 1.82) is 10.5 Å². The Labute approximate surface area is 145 Å². The molecule has 0 saturated heterocycles. The van der Waals surface area contributed by atoms with Gasteiger partial charge in [-0.15, -0.1) is 0 Å². The predicted molar refractivity (Wildman–Crippen MR) is 93.1 cm³/mol. The van der Waals surface area contributed by atoms with E-state index >= 15 is 0 Å². The third-order valence-corrected chi connectivity index (χ3v) is 4.43. The Kier molecular flexibility index (Phi) is 5.38. The van der Waals surface area contributed by atoms with Gasteiger partial charge in [-0.25, -0.2) is 8.42 Å². The van der Waals surface area contributed by atoms with Gasteiger partial charge >= 0.3 is 0 Å². The van der Waals surface area contributed by atoms with Gasteiger partial charge in [-0.05, 0) is 24.3 Å². The molecule has 25 heavy (non-hydrogen) atoms. The smallest absolute Gasteiger partial charge is 0.245 e. The van der Waals surface area contributed by atoms with Crippen LogP contribution in [0, 0.1) is 22.7 Å². The Morgan fingerprint density at radius 1 is 1.04 bits per heavy atom. The molecule has 0 bridgehead atoms. The van der Waals surface area contributed by atoms with Gasteiger partial charge in [0.2, 0.25) is 15.9 Å². The zero-order valence-electron chi connectivity index (χ0n) is 13.3. The lowest BCUT2D eigenvalue weighted by molar-refractivity contribution is -0.114. The largest absolute Gasteiger partial charge is 0.323 e. The minimum Gasteiger partial charge on any atom is -0.323 e. The van der Waals surface area contributed by atoms with Crippen molar-refractivity contribution in [3.63, 3.8) is 0 Å². The third-order valence-electron chi connectivity index (χ3n) is 3.30. The van der Waals surface area contributed by atoms with Crippen molar-refractivity contribution in [3.8, 4) is 12.1 Å². The van der Waals surface area contributed by atoms with E-state index in [9.17, 15) is 13.2 Å². The zero-order valence-corrected chi connectivity index (χ0v) is 14.1. The lowest BCUT2D eigenvalue weighted by atomic mass is 10.2. The molecule has 1 amide bonds. The first-order valence-electron chi connectivity index (χ1n) is 7.12. The molecule has 0 unspecified atom stereocenters. The van der Waals surface area contributed by atoms with Gasteiger partial charge in [0.05, 0.1) is 28.8 Å². The first-order valence-corrected chi connectivity index (χ1v) is 8.97. The molecule has 0 aliphatic rings. The molecule has 7 nitrogen and oxygen atoms in total. The van der Waals surface area contributed by atoms with Crippen LogP contribution in [-0.4, -0.2) is 27.1 Å². The molecule has 2 aromatic carbocycles. The van der Waals surface area contributed by atoms with Crippen molar-refractivity contribution in [1.82, 2.24) is 0 Å². The minimum atomic E-state index is -3.80. The predicted octanol–water partition coefficient (Wildman–Crippen LogP) is 1.83. The molecule has 0 radical (unpaired) electrons. The summed E-state index contributed by atoms with van der Waals surface area (Å²) in [7, 11) is -3.80. The van der Waals surface area contributed by atoms with E-state index in [1.807, 2.05) is 12.1 Å². The van der Waals surface area contributed by atoms with Gasteiger partial charge in [-0.1, -0.05) is 24.3 Å². The molecule has 1 N–H and O–H groups in total. The van der Waals surface area contributed by atoms with Gasteiger partial charge in [0, 0.05) is 0 Å². The van der Waals surface area contributed by atoms with Gasteiger partial charge < -0.3 is 5.32 Å². The van der Waals surface area contributed by atoms with Crippen LogP contribution in [0.5, 0.6) is 0 Å². The van der Waals surface area contributed by atoms with Crippen molar-refractivity contribution in [2.45, 2.75) is 0 Å². The summed E-state index contributed by atoms with van der Waals surface area (Å²) in [6, 6.07) is 16.3. The van der Waals surface area contributed by atoms with Crippen LogP contribution in [0.3, 0.4) is 0 Å². The number of nitriles is 2. The monoisotopic (exact) mass is 354 g/mol. The highest BCUT2D eigenvalue weighted by atomic mass is 32.2. The van der Waals surface area contributed by atoms with Crippen molar-refractivity contribution in [3.05, 3.63) is 59.7 Å². The molecule has 0 atom stereocenters. The molecule has 0 aliphatic carbocycles. The lowest BCUT2D eigenvalue weighted by Crippen LogP contribution is -2.38. The van der Waals surface area contributed by atoms with Gasteiger partial charge in [-0.2, -0.15) is 10.5 Å². The summed E-state index contributed by atoms with van der Waals surface area (Å²) < 4.78 is 25.0. The molecule has 0 spiro atoms. The Morgan fingerprint density at radius 3 is 2.20 bits per heavy atom. The van der Waals surface area contributed by atoms with E-state index in [4.69, 9.17) is 10.5 Å². The fraction of sp³-hybridized carbons (Fsp3) is 0.118. The number of rotatable bonds is 5. The van der Waals surface area contributed by atoms with Gasteiger partial charge in [0.25, 0.3) is 0 Å². The molecule has 2 aromatic rings. The maximum atomic E-state index is 12.3. The number of benzene rings is 2. The molecule has 126 valence electrons. The van der Waals surface area contributed by atoms with Crippen molar-refractivity contribution in [2.24, 2.45) is 0 Å². The summed E-state index contributed by atoms with van der Waals surface area (Å²) in [6.45, 7) is -0.517. The summed E-state index contributed by atoms with van der Waals surface area (Å²) >= 11 is 0. The Morgan fingerprint density at radius 2 is 1.60 bits per heavy atom. The SMILES string of the molecule is CS(=O)(=O)N(CC(=O)Nc1ccccc1C#N)c1ccccc1C#N. The maximum absolute atomic E-state index is 12.3. The topological polar surface area (TPSA) is 114 Å². The maximum Gasteiger partial charge on any atom is 0.245 e. The van der Waals surface area contributed by atoms with Crippen LogP contribution in [0.4, 0.5) is 11.4 Å². The molecule has 2 rings (SSSR count). The van der Waals surface area contributed by atoms with Crippen LogP contribution >= 0.6 is 0 Å². The molecular formula is C17H14N4O3S. The number of nitrogens with zero attached hydrogens (tertiary/aromatic N) is 3. The second-order valence-electron chi connectivity index (χ2n) is 5.10. The van der Waals surface area contributed by atoms with E-state index in [0.717, 1.165) is 10.6 Å². The van der Waals surface area contributed by atoms with Crippen LogP contribution in [0.25, 0.3) is 0 Å². The Bertz CT molecular complexity index is 987. The number of hydrogen-bond acceptors (Lipinski definition) is 5. The molecule has 0 fully saturated rings. The zero-order chi connectivity index (χ0) is 18.4. The molecule has 0 aliphatic heterocycles. The first-order chi connectivity index (χ1) is 11.9. The Balaban J connectivity index is 2.32. The average molecular weight is 354 g/mol. The summed E-state index contributed by atoms with van der Waals surface area (Å²) in [5.74, 6) is -0.624. The van der Waals surface area contributed by atoms with Crippen LogP contribution in [0.2, 0.25) is 0 Å². The van der Waals surface area contributed by atoms with E-state index in [2.05, 4.69) is 5.32 Å². The molecule has 0 saturated carbocycles. The number of anilines is 2. The highest BCUT2D eigenvalue weighted by Crippen LogP contribution is 2.22. The molecular weight excluding hydrogens is 340 g/mol. The van der Waals surface area contributed by atoms with Crippen molar-refractivity contribution >= 4 is 27.3 Å². The van der Waals surface area contributed by atoms with Crippen molar-refractivity contribution in [2.75, 3.05) is 22.4 Å². The summed E-state index contributed by atoms with van der Waals surface area (Å²) in [5.41, 5.74) is 0.811.